The van der Waals surface area contributed by atoms with Gasteiger partial charge in [0.2, 0.25) is 5.89 Å². The topological polar surface area (TPSA) is 138 Å². The molecule has 12 heteroatoms. The van der Waals surface area contributed by atoms with E-state index >= 15 is 0 Å². The van der Waals surface area contributed by atoms with Crippen LogP contribution in [0.4, 0.5) is 0 Å². The predicted octanol–water partition coefficient (Wildman–Crippen LogP) is 3.53. The molecule has 1 aromatic carbocycles. The third-order valence-corrected chi connectivity index (χ3v) is 10.5. The number of ether oxygens (including phenoxy) is 2. The molecular formula is C30H32N4O7S. The lowest BCUT2D eigenvalue weighted by Crippen LogP contribution is -2.49. The van der Waals surface area contributed by atoms with Gasteiger partial charge in [-0.15, -0.1) is 11.3 Å². The fourth-order valence-corrected chi connectivity index (χ4v) is 8.08. The van der Waals surface area contributed by atoms with Gasteiger partial charge in [0.1, 0.15) is 28.5 Å². The van der Waals surface area contributed by atoms with E-state index in [1.807, 2.05) is 24.3 Å². The van der Waals surface area contributed by atoms with Gasteiger partial charge in [0, 0.05) is 5.56 Å². The lowest BCUT2D eigenvalue weighted by Gasteiger charge is -2.26. The van der Waals surface area contributed by atoms with Crippen LogP contribution in [0, 0.1) is 18.8 Å². The Labute approximate surface area is 244 Å². The minimum absolute atomic E-state index is 0.00384. The number of carbonyl (C=O) groups is 1. The first-order chi connectivity index (χ1) is 20.3. The summed E-state index contributed by atoms with van der Waals surface area (Å²) >= 11 is 1.24. The number of oxazole rings is 1. The van der Waals surface area contributed by atoms with Gasteiger partial charge in [-0.2, -0.15) is 0 Å². The molecule has 2 N–H and O–H groups in total. The summed E-state index contributed by atoms with van der Waals surface area (Å²) in [5.74, 6) is 0.891. The van der Waals surface area contributed by atoms with Gasteiger partial charge in [-0.05, 0) is 69.2 Å². The van der Waals surface area contributed by atoms with Crippen LogP contribution in [-0.2, 0) is 21.6 Å². The molecular weight excluding hydrogens is 560 g/mol. The monoisotopic (exact) mass is 592 g/mol. The van der Waals surface area contributed by atoms with Crippen molar-refractivity contribution in [2.24, 2.45) is 11.8 Å². The zero-order valence-corrected chi connectivity index (χ0v) is 24.2. The van der Waals surface area contributed by atoms with Crippen LogP contribution in [0.5, 0.6) is 5.75 Å². The van der Waals surface area contributed by atoms with E-state index in [9.17, 15) is 19.5 Å². The fraction of sp³-hybridized carbons (Fsp3) is 0.467. The van der Waals surface area contributed by atoms with Crippen molar-refractivity contribution in [2.45, 2.75) is 56.9 Å². The minimum Gasteiger partial charge on any atom is -0.496 e. The third kappa shape index (κ3) is 4.23. The van der Waals surface area contributed by atoms with Crippen molar-refractivity contribution in [3.63, 3.8) is 0 Å². The summed E-state index contributed by atoms with van der Waals surface area (Å²) in [6.07, 6.45) is 4.64. The molecule has 3 aromatic heterocycles. The van der Waals surface area contributed by atoms with Crippen molar-refractivity contribution in [3.8, 4) is 16.5 Å². The summed E-state index contributed by atoms with van der Waals surface area (Å²) in [5.41, 5.74) is -1.45. The second-order valence-electron chi connectivity index (χ2n) is 11.6. The Morgan fingerprint density at radius 3 is 2.62 bits per heavy atom. The van der Waals surface area contributed by atoms with Gasteiger partial charge in [0.25, 0.3) is 5.56 Å². The Morgan fingerprint density at radius 2 is 1.98 bits per heavy atom. The zero-order chi connectivity index (χ0) is 29.2. The van der Waals surface area contributed by atoms with Crippen molar-refractivity contribution in [1.82, 2.24) is 19.4 Å². The van der Waals surface area contributed by atoms with E-state index in [-0.39, 0.29) is 25.5 Å². The molecule has 4 aromatic rings. The Balaban J connectivity index is 1.40. The molecule has 1 saturated heterocycles. The number of fused-ring (bicyclic) bond motifs is 2. The number of aliphatic carboxylic acids is 1. The molecule has 0 spiro atoms. The average Bonchev–Trinajstić information content (AvgIpc) is 3.35. The van der Waals surface area contributed by atoms with Crippen molar-refractivity contribution >= 4 is 27.5 Å². The first-order valence-corrected chi connectivity index (χ1v) is 15.1. The van der Waals surface area contributed by atoms with Gasteiger partial charge in [-0.25, -0.2) is 19.1 Å². The van der Waals surface area contributed by atoms with Gasteiger partial charge in [-0.3, -0.25) is 9.36 Å². The number of methoxy groups -OCH3 is 1. The van der Waals surface area contributed by atoms with Crippen LogP contribution < -0.4 is 21.3 Å². The molecule has 2 saturated carbocycles. The highest BCUT2D eigenvalue weighted by Crippen LogP contribution is 2.44. The van der Waals surface area contributed by atoms with Crippen LogP contribution in [0.15, 0.2) is 50.7 Å². The lowest BCUT2D eigenvalue weighted by atomic mass is 10.0. The lowest BCUT2D eigenvalue weighted by molar-refractivity contribution is -0.142. The first-order valence-electron chi connectivity index (χ1n) is 14.2. The van der Waals surface area contributed by atoms with Crippen LogP contribution in [0.25, 0.3) is 21.0 Å². The standard InChI is InChI=1S/C30H32N4O7S/c1-16-23-26(35)34(30(7-8-30)28(36)37)29(38)33(27(23)42-24(16)25-32-9-10-40-25)15-22(20-5-3-4-6-21(20)39-2)41-19-11-17-13-31-14-18(17)12-19/h3-6,9-10,17-19,22,31H,7-8,11-15H2,1-2H3,(H,36,37). The molecule has 0 amide bonds. The number of carboxylic acids is 1. The molecule has 11 nitrogen and oxygen atoms in total. The number of aryl methyl sites for hydroxylation is 1. The van der Waals surface area contributed by atoms with Gasteiger partial charge in [0.15, 0.2) is 0 Å². The van der Waals surface area contributed by atoms with E-state index in [1.165, 1.54) is 28.4 Å². The number of hydrogen-bond acceptors (Lipinski definition) is 9. The van der Waals surface area contributed by atoms with E-state index in [4.69, 9.17) is 13.9 Å². The van der Waals surface area contributed by atoms with E-state index in [0.29, 0.717) is 44.1 Å². The minimum atomic E-state index is -1.56. The molecule has 3 unspecified atom stereocenters. The van der Waals surface area contributed by atoms with Crippen molar-refractivity contribution in [1.29, 1.82) is 0 Å². The van der Waals surface area contributed by atoms with E-state index < -0.39 is 28.9 Å². The molecule has 3 atom stereocenters. The highest BCUT2D eigenvalue weighted by Gasteiger charge is 2.55. The largest absolute Gasteiger partial charge is 0.496 e. The molecule has 1 aliphatic heterocycles. The number of para-hydroxylation sites is 1. The molecule has 0 bridgehead atoms. The zero-order valence-electron chi connectivity index (χ0n) is 23.4. The average molecular weight is 593 g/mol. The number of carboxylic acid groups (broad SMARTS) is 1. The number of hydrogen-bond donors (Lipinski definition) is 2. The second-order valence-corrected chi connectivity index (χ2v) is 12.6. The summed E-state index contributed by atoms with van der Waals surface area (Å²) in [5, 5.41) is 13.9. The van der Waals surface area contributed by atoms with E-state index in [1.54, 1.807) is 14.0 Å². The highest BCUT2D eigenvalue weighted by molar-refractivity contribution is 7.22. The normalized spacial score (nSPS) is 23.2. The number of rotatable bonds is 9. The molecule has 3 fully saturated rings. The quantitative estimate of drug-likeness (QED) is 0.299. The smallest absolute Gasteiger partial charge is 0.333 e. The number of nitrogens with zero attached hydrogens (tertiary/aromatic N) is 3. The van der Waals surface area contributed by atoms with Crippen molar-refractivity contribution < 1.29 is 23.8 Å². The van der Waals surface area contributed by atoms with Crippen LogP contribution in [-0.4, -0.2) is 51.5 Å². The van der Waals surface area contributed by atoms with Crippen LogP contribution in [0.3, 0.4) is 0 Å². The first kappa shape index (κ1) is 27.1. The Morgan fingerprint density at radius 1 is 1.24 bits per heavy atom. The number of aromatic nitrogens is 3. The van der Waals surface area contributed by atoms with Gasteiger partial charge < -0.3 is 24.3 Å². The second kappa shape index (κ2) is 10.2. The molecule has 2 aliphatic carbocycles. The SMILES string of the molecule is COc1ccccc1C(Cn1c(=O)n(C2(C(=O)O)CC2)c(=O)c2c(C)c(-c3ncco3)sc21)OC1CC2CNCC2C1. The Hall–Kier alpha value is -3.74. The maximum absolute atomic E-state index is 14.3. The van der Waals surface area contributed by atoms with Crippen LogP contribution >= 0.6 is 11.3 Å². The van der Waals surface area contributed by atoms with E-state index in [2.05, 4.69) is 10.3 Å². The number of thiophene rings is 1. The number of benzene rings is 1. The predicted molar refractivity (Wildman–Crippen MR) is 155 cm³/mol. The molecule has 0 radical (unpaired) electrons. The summed E-state index contributed by atoms with van der Waals surface area (Å²) in [4.78, 5) is 45.9. The molecule has 4 heterocycles. The molecule has 220 valence electrons. The molecule has 7 rings (SSSR count). The third-order valence-electron chi connectivity index (χ3n) is 9.19. The molecule has 3 aliphatic rings. The fourth-order valence-electron chi connectivity index (χ4n) is 6.84. The van der Waals surface area contributed by atoms with E-state index in [0.717, 1.165) is 36.1 Å². The summed E-state index contributed by atoms with van der Waals surface area (Å²) in [6, 6.07) is 7.57. The van der Waals surface area contributed by atoms with Crippen molar-refractivity contribution in [3.05, 3.63) is 68.7 Å². The van der Waals surface area contributed by atoms with Gasteiger partial charge in [0.05, 0.1) is 36.2 Å². The Kier molecular flexibility index (Phi) is 6.59. The Bertz CT molecular complexity index is 1770. The molecule has 42 heavy (non-hydrogen) atoms. The van der Waals surface area contributed by atoms with Crippen LogP contribution in [0.1, 0.15) is 42.9 Å². The van der Waals surface area contributed by atoms with Gasteiger partial charge >= 0.3 is 11.7 Å². The van der Waals surface area contributed by atoms with Crippen molar-refractivity contribution in [2.75, 3.05) is 20.2 Å². The van der Waals surface area contributed by atoms with Crippen LogP contribution in [0.2, 0.25) is 0 Å². The summed E-state index contributed by atoms with van der Waals surface area (Å²) in [6.45, 7) is 3.80. The highest BCUT2D eigenvalue weighted by atomic mass is 32.1. The summed E-state index contributed by atoms with van der Waals surface area (Å²) in [7, 11) is 1.60. The van der Waals surface area contributed by atoms with Gasteiger partial charge in [-0.1, -0.05) is 18.2 Å². The number of nitrogens with one attached hydrogen (secondary N) is 1. The maximum atomic E-state index is 14.3. The maximum Gasteiger partial charge on any atom is 0.333 e. The summed E-state index contributed by atoms with van der Waals surface area (Å²) < 4.78 is 20.5.